The maximum absolute atomic E-state index is 13.1. The van der Waals surface area contributed by atoms with Crippen molar-refractivity contribution in [3.8, 4) is 23.0 Å². The first-order valence-electron chi connectivity index (χ1n) is 17.7. The number of alkyl halides is 3. The maximum Gasteiger partial charge on any atom is 0.330 e. The number of phenols is 1. The molecule has 0 aromatic heterocycles. The van der Waals surface area contributed by atoms with Crippen LogP contribution in [0.4, 0.5) is 0 Å². The molecule has 0 saturated carbocycles. The molecule has 0 amide bonds. The van der Waals surface area contributed by atoms with Gasteiger partial charge in [0.1, 0.15) is 30.1 Å². The Morgan fingerprint density at radius 3 is 1.75 bits per heavy atom. The third-order valence-corrected chi connectivity index (χ3v) is 22.7. The van der Waals surface area contributed by atoms with Gasteiger partial charge in [-0.05, 0) is 68.6 Å². The van der Waals surface area contributed by atoms with Gasteiger partial charge in [0.05, 0.1) is 0 Å². The van der Waals surface area contributed by atoms with E-state index in [4.69, 9.17) is 53.1 Å². The Morgan fingerprint density at radius 1 is 0.804 bits per heavy atom. The summed E-state index contributed by atoms with van der Waals surface area (Å²) in [5.74, 6) is -2.16. The summed E-state index contributed by atoms with van der Waals surface area (Å²) in [5, 5.41) is 21.5. The number of carboxylic acid groups (broad SMARTS) is 1. The van der Waals surface area contributed by atoms with Crippen LogP contribution in [0.25, 0.3) is 6.08 Å². The number of phenolic OH excluding ortho intramolecular Hbond substituents is 1. The number of fused-ring (bicyclic) bond motifs is 1. The molecule has 0 fully saturated rings. The van der Waals surface area contributed by atoms with Gasteiger partial charge >= 0.3 is 11.9 Å². The summed E-state index contributed by atoms with van der Waals surface area (Å²) in [4.78, 5) is 25.4. The lowest BCUT2D eigenvalue weighted by molar-refractivity contribution is -0.140. The highest BCUT2D eigenvalue weighted by Crippen LogP contribution is 2.54. The van der Waals surface area contributed by atoms with Crippen LogP contribution in [0.5, 0.6) is 23.0 Å². The van der Waals surface area contributed by atoms with Crippen LogP contribution < -0.4 is 13.6 Å². The lowest BCUT2D eigenvalue weighted by Crippen LogP contribution is -2.52. The molecule has 8 nitrogen and oxygen atoms in total. The van der Waals surface area contributed by atoms with Gasteiger partial charge in [0.15, 0.2) is 11.5 Å². The lowest BCUT2D eigenvalue weighted by atomic mass is 9.88. The van der Waals surface area contributed by atoms with Crippen molar-refractivity contribution >= 4 is 69.5 Å². The largest absolute Gasteiger partial charge is 0.540 e. The summed E-state index contributed by atoms with van der Waals surface area (Å²) in [7, 11) is -4.95. The van der Waals surface area contributed by atoms with Crippen LogP contribution in [-0.4, -0.2) is 49.2 Å². The Bertz CT molecular complexity index is 1540. The van der Waals surface area contributed by atoms with E-state index >= 15 is 0 Å². The van der Waals surface area contributed by atoms with Gasteiger partial charge in [0.25, 0.3) is 16.6 Å². The number of aromatic hydroxyl groups is 1. The number of rotatable bonds is 15. The van der Waals surface area contributed by atoms with Crippen LogP contribution >= 0.6 is 34.8 Å². The molecule has 0 saturated heterocycles. The quantitative estimate of drug-likeness (QED) is 0.0792. The van der Waals surface area contributed by atoms with Gasteiger partial charge in [0, 0.05) is 11.6 Å². The first-order chi connectivity index (χ1) is 23.5. The third kappa shape index (κ3) is 9.06. The number of ether oxygens (including phenoxy) is 2. The normalized spacial score (nSPS) is 16.9. The average molecular weight is 802 g/mol. The Labute approximate surface area is 321 Å². The predicted molar refractivity (Wildman–Crippen MR) is 212 cm³/mol. The molecule has 2 N–H and O–H groups in total. The number of hydrogen-bond acceptors (Lipinski definition) is 7. The van der Waals surface area contributed by atoms with Gasteiger partial charge in [-0.25, -0.2) is 4.79 Å². The van der Waals surface area contributed by atoms with Crippen LogP contribution in [0.3, 0.4) is 0 Å². The fourth-order valence-electron chi connectivity index (χ4n) is 8.37. The molecule has 2 aromatic rings. The predicted octanol–water partition coefficient (Wildman–Crippen LogP) is 11.7. The molecule has 1 heterocycles. The van der Waals surface area contributed by atoms with Gasteiger partial charge in [0.2, 0.25) is 3.79 Å². The highest BCUT2D eigenvalue weighted by atomic mass is 35.6. The Morgan fingerprint density at radius 2 is 1.29 bits per heavy atom. The van der Waals surface area contributed by atoms with Gasteiger partial charge in [-0.2, -0.15) is 0 Å². The molecule has 0 bridgehead atoms. The maximum atomic E-state index is 13.1. The molecule has 0 radical (unpaired) electrons. The van der Waals surface area contributed by atoms with Crippen molar-refractivity contribution in [3.05, 3.63) is 53.1 Å². The lowest BCUT2D eigenvalue weighted by Gasteiger charge is -2.45. The van der Waals surface area contributed by atoms with Crippen molar-refractivity contribution in [1.82, 2.24) is 0 Å². The minimum atomic E-state index is -2.52. The van der Waals surface area contributed by atoms with Gasteiger partial charge < -0.3 is 28.5 Å². The van der Waals surface area contributed by atoms with Gasteiger partial charge in [-0.15, -0.1) is 0 Å². The topological polar surface area (TPSA) is 112 Å². The molecular weight excluding hydrogens is 747 g/mol. The first kappa shape index (κ1) is 43.0. The van der Waals surface area contributed by atoms with E-state index in [9.17, 15) is 19.8 Å². The molecule has 0 aliphatic carbocycles. The SMILES string of the molecule is CC(C)[Si](Oc1ccc([C@H]2Oc3c(O)ccc(/C=C/C(=O)OCC(Cl)(Cl)Cl)c3[C@H]2C(=O)O)cc1O[Si](C(C)C)(C(C)C)C(C)C)(C(C)C)C(C)C. The molecule has 3 rings (SSSR count). The van der Waals surface area contributed by atoms with E-state index in [0.717, 1.165) is 6.08 Å². The molecule has 284 valence electrons. The summed E-state index contributed by atoms with van der Waals surface area (Å²) in [5.41, 5.74) is 2.87. The zero-order valence-corrected chi connectivity index (χ0v) is 36.1. The monoisotopic (exact) mass is 800 g/mol. The smallest absolute Gasteiger partial charge is 0.330 e. The van der Waals surface area contributed by atoms with Crippen LogP contribution in [0.1, 0.15) is 112 Å². The summed E-state index contributed by atoms with van der Waals surface area (Å²) in [6.45, 7) is 26.2. The number of carbonyl (C=O) groups is 2. The van der Waals surface area contributed by atoms with Crippen molar-refractivity contribution in [2.75, 3.05) is 6.61 Å². The van der Waals surface area contributed by atoms with E-state index in [0.29, 0.717) is 39.2 Å². The van der Waals surface area contributed by atoms with Gasteiger partial charge in [-0.3, -0.25) is 4.79 Å². The molecule has 1 aliphatic rings. The molecule has 13 heteroatoms. The second kappa shape index (κ2) is 16.7. The Kier molecular flexibility index (Phi) is 14.1. The van der Waals surface area contributed by atoms with E-state index in [2.05, 4.69) is 83.1 Å². The molecule has 51 heavy (non-hydrogen) atoms. The third-order valence-electron chi connectivity index (χ3n) is 10.4. The fourth-order valence-corrected chi connectivity index (χ4v) is 19.0. The zero-order chi connectivity index (χ0) is 38.8. The number of halogens is 3. The van der Waals surface area contributed by atoms with E-state index in [-0.39, 0.29) is 33.7 Å². The number of aliphatic carboxylic acids is 1. The van der Waals surface area contributed by atoms with Crippen molar-refractivity contribution in [2.24, 2.45) is 0 Å². The standard InChI is InChI=1S/C38H55Cl3O8Si2/c1-21(2)50(22(3)4,23(5)6)48-30-17-14-28(19-31(30)49-51(24(7)8,25(9)10)26(11)12)35-34(37(44)45)33-27(13-16-29(42)36(33)47-35)15-18-32(43)46-20-38(39,40)41/h13-19,21-26,34-35,42H,20H2,1-12H3,(H,44,45)/b18-15+/t34-,35-/m1/s1. The minimum Gasteiger partial charge on any atom is -0.540 e. The van der Waals surface area contributed by atoms with Gasteiger partial charge in [-0.1, -0.05) is 130 Å². The summed E-state index contributed by atoms with van der Waals surface area (Å²) in [6, 6.07) is 8.50. The second-order valence-corrected chi connectivity index (χ2v) is 28.6. The van der Waals surface area contributed by atoms with Crippen LogP contribution in [0.15, 0.2) is 36.4 Å². The Balaban J connectivity index is 2.23. The van der Waals surface area contributed by atoms with Crippen molar-refractivity contribution in [2.45, 2.75) is 132 Å². The number of carbonyl (C=O) groups excluding carboxylic acids is 1. The summed E-state index contributed by atoms with van der Waals surface area (Å²) in [6.07, 6.45) is 1.48. The highest BCUT2D eigenvalue weighted by Gasteiger charge is 2.51. The van der Waals surface area contributed by atoms with E-state index < -0.39 is 51.0 Å². The van der Waals surface area contributed by atoms with Crippen LogP contribution in [0, 0.1) is 0 Å². The number of carboxylic acids is 1. The second-order valence-electron chi connectivity index (χ2n) is 15.4. The molecular formula is C38H55Cl3O8Si2. The van der Waals surface area contributed by atoms with Crippen molar-refractivity contribution in [3.63, 3.8) is 0 Å². The highest BCUT2D eigenvalue weighted by molar-refractivity contribution is 6.79. The first-order valence-corrected chi connectivity index (χ1v) is 23.1. The molecule has 1 aliphatic heterocycles. The van der Waals surface area contributed by atoms with E-state index in [1.807, 2.05) is 18.2 Å². The van der Waals surface area contributed by atoms with Crippen LogP contribution in [0.2, 0.25) is 33.2 Å². The zero-order valence-electron chi connectivity index (χ0n) is 31.8. The van der Waals surface area contributed by atoms with Crippen LogP contribution in [-0.2, 0) is 14.3 Å². The average Bonchev–Trinajstić information content (AvgIpc) is 3.42. The van der Waals surface area contributed by atoms with E-state index in [1.54, 1.807) is 0 Å². The Hall–Kier alpha value is -2.38. The minimum absolute atomic E-state index is 0.0214. The van der Waals surface area contributed by atoms with Crippen molar-refractivity contribution < 1.29 is 38.1 Å². The molecule has 0 spiro atoms. The molecule has 2 aromatic carbocycles. The molecule has 2 atom stereocenters. The number of esters is 1. The number of hydrogen-bond donors (Lipinski definition) is 2. The van der Waals surface area contributed by atoms with E-state index in [1.165, 1.54) is 18.2 Å². The van der Waals surface area contributed by atoms with Crippen molar-refractivity contribution in [1.29, 1.82) is 0 Å². The molecule has 0 unspecified atom stereocenters. The fraction of sp³-hybridized carbons (Fsp3) is 0.579. The summed E-state index contributed by atoms with van der Waals surface area (Å²) >= 11 is 17.1. The summed E-state index contributed by atoms with van der Waals surface area (Å²) < 4.78 is 24.1. The number of benzene rings is 2.